The maximum Gasteiger partial charge on any atom is 0.232 e. The molecule has 1 aliphatic heterocycles. The molecular formula is C14H18ClNO3S2. The zero-order chi connectivity index (χ0) is 15.5. The average Bonchev–Trinajstić information content (AvgIpc) is 2.78. The fourth-order valence-electron chi connectivity index (χ4n) is 2.16. The zero-order valence-electron chi connectivity index (χ0n) is 11.8. The number of nitrogens with zero attached hydrogens (tertiary/aromatic N) is 1. The number of rotatable bonds is 5. The van der Waals surface area contributed by atoms with Gasteiger partial charge in [-0.15, -0.1) is 11.8 Å². The van der Waals surface area contributed by atoms with Gasteiger partial charge in [0.2, 0.25) is 5.91 Å². The van der Waals surface area contributed by atoms with Crippen LogP contribution in [0.15, 0.2) is 24.3 Å². The second-order valence-electron chi connectivity index (χ2n) is 5.18. The number of thioether (sulfide) groups is 1. The van der Waals surface area contributed by atoms with E-state index in [1.54, 1.807) is 18.0 Å². The Morgan fingerprint density at radius 1 is 1.43 bits per heavy atom. The molecule has 1 unspecified atom stereocenters. The Balaban J connectivity index is 1.82. The minimum Gasteiger partial charge on any atom is -0.341 e. The van der Waals surface area contributed by atoms with Crippen molar-refractivity contribution in [3.8, 4) is 0 Å². The second-order valence-corrected chi connectivity index (χ2v) is 9.10. The van der Waals surface area contributed by atoms with Gasteiger partial charge in [-0.2, -0.15) is 0 Å². The maximum atomic E-state index is 12.1. The summed E-state index contributed by atoms with van der Waals surface area (Å²) in [4.78, 5) is 13.7. The molecule has 2 rings (SSSR count). The van der Waals surface area contributed by atoms with Gasteiger partial charge in [-0.3, -0.25) is 4.79 Å². The van der Waals surface area contributed by atoms with Crippen LogP contribution >= 0.6 is 23.4 Å². The molecule has 21 heavy (non-hydrogen) atoms. The molecule has 116 valence electrons. The molecule has 0 radical (unpaired) electrons. The van der Waals surface area contributed by atoms with Gasteiger partial charge in [0.15, 0.2) is 9.84 Å². The summed E-state index contributed by atoms with van der Waals surface area (Å²) in [5.41, 5.74) is 0.906. The Morgan fingerprint density at radius 2 is 2.14 bits per heavy atom. The number of carbonyl (C=O) groups excluding carboxylic acids is 1. The van der Waals surface area contributed by atoms with Crippen molar-refractivity contribution in [1.82, 2.24) is 4.90 Å². The van der Waals surface area contributed by atoms with Crippen LogP contribution in [0.4, 0.5) is 0 Å². The SMILES string of the molecule is CN(Cc1ccccc1Cl)C(=O)CSC1CCS(=O)(=O)C1. The summed E-state index contributed by atoms with van der Waals surface area (Å²) in [6.07, 6.45) is 0.647. The summed E-state index contributed by atoms with van der Waals surface area (Å²) in [7, 11) is -1.15. The number of benzene rings is 1. The highest BCUT2D eigenvalue weighted by molar-refractivity contribution is 8.02. The fraction of sp³-hybridized carbons (Fsp3) is 0.500. The Morgan fingerprint density at radius 3 is 2.76 bits per heavy atom. The molecular weight excluding hydrogens is 330 g/mol. The van der Waals surface area contributed by atoms with Gasteiger partial charge >= 0.3 is 0 Å². The van der Waals surface area contributed by atoms with Gasteiger partial charge < -0.3 is 4.90 Å². The third-order valence-electron chi connectivity index (χ3n) is 3.42. The summed E-state index contributed by atoms with van der Waals surface area (Å²) < 4.78 is 22.7. The van der Waals surface area contributed by atoms with Crippen LogP contribution in [0.2, 0.25) is 5.02 Å². The predicted molar refractivity (Wildman–Crippen MR) is 87.4 cm³/mol. The summed E-state index contributed by atoms with van der Waals surface area (Å²) in [5, 5.41) is 0.694. The molecule has 0 spiro atoms. The summed E-state index contributed by atoms with van der Waals surface area (Å²) in [6, 6.07) is 7.43. The van der Waals surface area contributed by atoms with Crippen LogP contribution in [-0.4, -0.2) is 48.8 Å². The number of carbonyl (C=O) groups is 1. The molecule has 1 atom stereocenters. The van der Waals surface area contributed by atoms with Gasteiger partial charge in [0, 0.05) is 23.9 Å². The highest BCUT2D eigenvalue weighted by Crippen LogP contribution is 2.24. The molecule has 4 nitrogen and oxygen atoms in total. The number of halogens is 1. The lowest BCUT2D eigenvalue weighted by Gasteiger charge is -2.18. The lowest BCUT2D eigenvalue weighted by molar-refractivity contribution is -0.127. The van der Waals surface area contributed by atoms with Crippen LogP contribution < -0.4 is 0 Å². The van der Waals surface area contributed by atoms with E-state index in [0.717, 1.165) is 5.56 Å². The van der Waals surface area contributed by atoms with E-state index in [1.165, 1.54) is 11.8 Å². The van der Waals surface area contributed by atoms with E-state index in [1.807, 2.05) is 18.2 Å². The van der Waals surface area contributed by atoms with Crippen LogP contribution in [-0.2, 0) is 21.2 Å². The molecule has 0 saturated carbocycles. The molecule has 0 bridgehead atoms. The lowest BCUT2D eigenvalue weighted by Crippen LogP contribution is -2.28. The Labute approximate surface area is 134 Å². The fourth-order valence-corrected chi connectivity index (χ4v) is 5.94. The first kappa shape index (κ1) is 16.6. The molecule has 1 heterocycles. The van der Waals surface area contributed by atoms with Crippen molar-refractivity contribution < 1.29 is 13.2 Å². The number of amides is 1. The smallest absolute Gasteiger partial charge is 0.232 e. The largest absolute Gasteiger partial charge is 0.341 e. The molecule has 0 aromatic heterocycles. The number of hydrogen-bond donors (Lipinski definition) is 0. The first-order valence-corrected chi connectivity index (χ1v) is 9.91. The molecule has 1 aromatic rings. The van der Waals surface area contributed by atoms with E-state index >= 15 is 0 Å². The van der Waals surface area contributed by atoms with E-state index in [2.05, 4.69) is 0 Å². The van der Waals surface area contributed by atoms with Gasteiger partial charge in [0.1, 0.15) is 0 Å². The second kappa shape index (κ2) is 7.03. The first-order valence-electron chi connectivity index (χ1n) is 6.67. The van der Waals surface area contributed by atoms with Gasteiger partial charge in [0.25, 0.3) is 0 Å². The maximum absolute atomic E-state index is 12.1. The summed E-state index contributed by atoms with van der Waals surface area (Å²) >= 11 is 7.51. The van der Waals surface area contributed by atoms with Crippen molar-refractivity contribution in [3.63, 3.8) is 0 Å². The Bertz CT molecular complexity index is 618. The average molecular weight is 348 g/mol. The van der Waals surface area contributed by atoms with E-state index in [-0.39, 0.29) is 22.7 Å². The third kappa shape index (κ3) is 4.90. The van der Waals surface area contributed by atoms with Gasteiger partial charge in [0.05, 0.1) is 17.3 Å². The van der Waals surface area contributed by atoms with Gasteiger partial charge in [-0.1, -0.05) is 29.8 Å². The van der Waals surface area contributed by atoms with E-state index in [4.69, 9.17) is 11.6 Å². The van der Waals surface area contributed by atoms with Gasteiger partial charge in [-0.05, 0) is 18.1 Å². The zero-order valence-corrected chi connectivity index (χ0v) is 14.2. The van der Waals surface area contributed by atoms with Crippen molar-refractivity contribution in [2.75, 3.05) is 24.3 Å². The topological polar surface area (TPSA) is 54.5 Å². The standard InChI is InChI=1S/C14H18ClNO3S2/c1-16(8-11-4-2-3-5-13(11)15)14(17)9-20-12-6-7-21(18,19)10-12/h2-5,12H,6-10H2,1H3. The molecule has 1 fully saturated rings. The molecule has 1 aliphatic rings. The quantitative estimate of drug-likeness (QED) is 0.819. The highest BCUT2D eigenvalue weighted by Gasteiger charge is 2.28. The van der Waals surface area contributed by atoms with E-state index in [9.17, 15) is 13.2 Å². The highest BCUT2D eigenvalue weighted by atomic mass is 35.5. The van der Waals surface area contributed by atoms with Crippen molar-refractivity contribution in [3.05, 3.63) is 34.9 Å². The third-order valence-corrected chi connectivity index (χ3v) is 7.06. The lowest BCUT2D eigenvalue weighted by atomic mass is 10.2. The van der Waals surface area contributed by atoms with Crippen molar-refractivity contribution in [2.45, 2.75) is 18.2 Å². The van der Waals surface area contributed by atoms with Crippen LogP contribution in [0, 0.1) is 0 Å². The Kier molecular flexibility index (Phi) is 5.57. The minimum absolute atomic E-state index is 0.00998. The molecule has 0 aliphatic carbocycles. The van der Waals surface area contributed by atoms with Crippen LogP contribution in [0.5, 0.6) is 0 Å². The molecule has 1 aromatic carbocycles. The molecule has 0 N–H and O–H groups in total. The van der Waals surface area contributed by atoms with Crippen LogP contribution in [0.3, 0.4) is 0 Å². The normalized spacial score (nSPS) is 20.4. The molecule has 7 heteroatoms. The monoisotopic (exact) mass is 347 g/mol. The van der Waals surface area contributed by atoms with E-state index in [0.29, 0.717) is 23.7 Å². The number of hydrogen-bond acceptors (Lipinski definition) is 4. The minimum atomic E-state index is -2.88. The van der Waals surface area contributed by atoms with Crippen molar-refractivity contribution >= 4 is 39.1 Å². The molecule has 1 saturated heterocycles. The van der Waals surface area contributed by atoms with Crippen molar-refractivity contribution in [2.24, 2.45) is 0 Å². The predicted octanol–water partition coefficient (Wildman–Crippen LogP) is 2.22. The summed E-state index contributed by atoms with van der Waals surface area (Å²) in [5.74, 6) is 0.735. The first-order chi connectivity index (χ1) is 9.87. The van der Waals surface area contributed by atoms with Crippen LogP contribution in [0.25, 0.3) is 0 Å². The number of sulfone groups is 1. The Hall–Kier alpha value is -0.720. The summed E-state index contributed by atoms with van der Waals surface area (Å²) in [6.45, 7) is 0.460. The van der Waals surface area contributed by atoms with Gasteiger partial charge in [-0.25, -0.2) is 8.42 Å². The van der Waals surface area contributed by atoms with Crippen LogP contribution in [0.1, 0.15) is 12.0 Å². The van der Waals surface area contributed by atoms with Crippen molar-refractivity contribution in [1.29, 1.82) is 0 Å². The molecule has 1 amide bonds. The van der Waals surface area contributed by atoms with E-state index < -0.39 is 9.84 Å².